The lowest BCUT2D eigenvalue weighted by molar-refractivity contribution is -0.133. The fourth-order valence-corrected chi connectivity index (χ4v) is 4.45. The highest BCUT2D eigenvalue weighted by Crippen LogP contribution is 2.43. The van der Waals surface area contributed by atoms with Gasteiger partial charge in [0.05, 0.1) is 23.8 Å². The van der Waals surface area contributed by atoms with Crippen molar-refractivity contribution in [3.8, 4) is 5.69 Å². The normalized spacial score (nSPS) is 25.2. The van der Waals surface area contributed by atoms with Crippen molar-refractivity contribution >= 4 is 11.6 Å². The van der Waals surface area contributed by atoms with Crippen LogP contribution in [0.4, 0.5) is 5.69 Å². The van der Waals surface area contributed by atoms with Gasteiger partial charge < -0.3 is 9.80 Å². The van der Waals surface area contributed by atoms with Gasteiger partial charge in [-0.2, -0.15) is 5.10 Å². The zero-order chi connectivity index (χ0) is 17.6. The van der Waals surface area contributed by atoms with E-state index >= 15 is 0 Å². The van der Waals surface area contributed by atoms with Crippen LogP contribution in [0.15, 0.2) is 30.9 Å². The van der Waals surface area contributed by atoms with Gasteiger partial charge in [-0.15, -0.1) is 0 Å². The summed E-state index contributed by atoms with van der Waals surface area (Å²) in [6.45, 7) is 2.05. The standard InChI is InChI=1S/C19H25N5O/c1-13-10-21-23(12-13)17-6-7-20-11-18(17)24-15-4-5-16(24)9-14(8-15)19(25)22(2)3/h6-7,10-12,14-16H,4-5,8-9H2,1-3H3. The van der Waals surface area contributed by atoms with E-state index in [1.165, 1.54) is 0 Å². The van der Waals surface area contributed by atoms with E-state index in [9.17, 15) is 4.79 Å². The lowest BCUT2D eigenvalue weighted by atomic mass is 9.89. The molecular formula is C19H25N5O. The van der Waals surface area contributed by atoms with Crippen molar-refractivity contribution in [2.45, 2.75) is 44.7 Å². The van der Waals surface area contributed by atoms with Gasteiger partial charge in [-0.1, -0.05) is 0 Å². The molecule has 2 aromatic heterocycles. The molecule has 2 aliphatic rings. The number of rotatable bonds is 3. The van der Waals surface area contributed by atoms with E-state index in [0.29, 0.717) is 12.1 Å². The molecule has 0 aromatic carbocycles. The third-order valence-electron chi connectivity index (χ3n) is 5.54. The van der Waals surface area contributed by atoms with Crippen LogP contribution in [0.3, 0.4) is 0 Å². The second-order valence-electron chi connectivity index (χ2n) is 7.52. The minimum Gasteiger partial charge on any atom is -0.363 e. The van der Waals surface area contributed by atoms with Gasteiger partial charge in [0.2, 0.25) is 5.91 Å². The van der Waals surface area contributed by atoms with E-state index < -0.39 is 0 Å². The molecule has 1 amide bonds. The average molecular weight is 339 g/mol. The van der Waals surface area contributed by atoms with E-state index in [2.05, 4.69) is 15.0 Å². The van der Waals surface area contributed by atoms with Gasteiger partial charge in [0.15, 0.2) is 0 Å². The summed E-state index contributed by atoms with van der Waals surface area (Å²) in [5.74, 6) is 0.418. The van der Waals surface area contributed by atoms with Crippen molar-refractivity contribution in [1.82, 2.24) is 19.7 Å². The molecule has 2 aliphatic heterocycles. The largest absolute Gasteiger partial charge is 0.363 e. The van der Waals surface area contributed by atoms with Gasteiger partial charge in [0.1, 0.15) is 0 Å². The average Bonchev–Trinajstić information content (AvgIpc) is 3.14. The maximum atomic E-state index is 12.4. The molecule has 132 valence electrons. The number of nitrogens with zero attached hydrogens (tertiary/aromatic N) is 5. The van der Waals surface area contributed by atoms with Gasteiger partial charge in [-0.3, -0.25) is 9.78 Å². The molecule has 0 radical (unpaired) electrons. The first-order valence-corrected chi connectivity index (χ1v) is 8.99. The molecule has 0 spiro atoms. The third kappa shape index (κ3) is 2.79. The van der Waals surface area contributed by atoms with Crippen LogP contribution in [-0.2, 0) is 4.79 Å². The van der Waals surface area contributed by atoms with E-state index in [1.807, 2.05) is 56.6 Å². The maximum absolute atomic E-state index is 12.4. The Kier molecular flexibility index (Phi) is 3.98. The molecule has 0 aliphatic carbocycles. The molecule has 2 fully saturated rings. The summed E-state index contributed by atoms with van der Waals surface area (Å²) in [4.78, 5) is 21.0. The van der Waals surface area contributed by atoms with Crippen LogP contribution < -0.4 is 4.90 Å². The first kappa shape index (κ1) is 16.1. The van der Waals surface area contributed by atoms with Crippen molar-refractivity contribution < 1.29 is 4.79 Å². The van der Waals surface area contributed by atoms with Crippen molar-refractivity contribution in [2.24, 2.45) is 5.92 Å². The number of anilines is 1. The molecule has 0 N–H and O–H groups in total. The van der Waals surface area contributed by atoms with E-state index in [1.54, 1.807) is 4.90 Å². The molecule has 4 rings (SSSR count). The molecule has 4 heterocycles. The summed E-state index contributed by atoms with van der Waals surface area (Å²) >= 11 is 0. The summed E-state index contributed by atoms with van der Waals surface area (Å²) in [6, 6.07) is 2.85. The monoisotopic (exact) mass is 339 g/mol. The van der Waals surface area contributed by atoms with Gasteiger partial charge in [0.25, 0.3) is 0 Å². The molecule has 2 bridgehead atoms. The molecule has 6 nitrogen and oxygen atoms in total. The van der Waals surface area contributed by atoms with E-state index in [0.717, 1.165) is 42.6 Å². The Morgan fingerprint density at radius 2 is 1.88 bits per heavy atom. The Bertz CT molecular complexity index is 770. The van der Waals surface area contributed by atoms with Gasteiger partial charge in [0, 0.05) is 44.5 Å². The number of hydrogen-bond donors (Lipinski definition) is 0. The summed E-state index contributed by atoms with van der Waals surface area (Å²) in [5, 5.41) is 4.48. The van der Waals surface area contributed by atoms with Crippen molar-refractivity contribution in [3.05, 3.63) is 36.4 Å². The number of aryl methyl sites for hydroxylation is 1. The van der Waals surface area contributed by atoms with Crippen LogP contribution in [0.25, 0.3) is 5.69 Å². The van der Waals surface area contributed by atoms with Gasteiger partial charge >= 0.3 is 0 Å². The Morgan fingerprint density at radius 1 is 1.16 bits per heavy atom. The number of amides is 1. The number of aromatic nitrogens is 3. The highest BCUT2D eigenvalue weighted by molar-refractivity contribution is 5.79. The molecule has 2 aromatic rings. The number of hydrogen-bond acceptors (Lipinski definition) is 4. The zero-order valence-electron chi connectivity index (χ0n) is 15.1. The van der Waals surface area contributed by atoms with Crippen molar-refractivity contribution in [1.29, 1.82) is 0 Å². The van der Waals surface area contributed by atoms with E-state index in [-0.39, 0.29) is 11.8 Å². The van der Waals surface area contributed by atoms with Crippen molar-refractivity contribution in [3.63, 3.8) is 0 Å². The number of carbonyl (C=O) groups is 1. The predicted molar refractivity (Wildman–Crippen MR) is 96.8 cm³/mol. The molecule has 6 heteroatoms. The summed E-state index contributed by atoms with van der Waals surface area (Å²) in [5.41, 5.74) is 3.34. The fourth-order valence-electron chi connectivity index (χ4n) is 4.45. The molecule has 2 atom stereocenters. The van der Waals surface area contributed by atoms with Crippen LogP contribution in [-0.4, -0.2) is 51.8 Å². The van der Waals surface area contributed by atoms with Crippen molar-refractivity contribution in [2.75, 3.05) is 19.0 Å². The Morgan fingerprint density at radius 3 is 2.48 bits per heavy atom. The summed E-state index contributed by atoms with van der Waals surface area (Å²) < 4.78 is 1.93. The predicted octanol–water partition coefficient (Wildman–Crippen LogP) is 2.41. The molecular weight excluding hydrogens is 314 g/mol. The van der Waals surface area contributed by atoms with Crippen LogP contribution in [0.5, 0.6) is 0 Å². The van der Waals surface area contributed by atoms with Crippen LogP contribution in [0, 0.1) is 12.8 Å². The highest BCUT2D eigenvalue weighted by atomic mass is 16.2. The molecule has 25 heavy (non-hydrogen) atoms. The number of fused-ring (bicyclic) bond motifs is 2. The highest BCUT2D eigenvalue weighted by Gasteiger charge is 2.44. The van der Waals surface area contributed by atoms with Gasteiger partial charge in [-0.05, 0) is 44.2 Å². The Balaban J connectivity index is 1.65. The topological polar surface area (TPSA) is 54.3 Å². The molecule has 2 saturated heterocycles. The second kappa shape index (κ2) is 6.17. The summed E-state index contributed by atoms with van der Waals surface area (Å²) in [6.07, 6.45) is 11.8. The number of piperidine rings is 1. The lowest BCUT2D eigenvalue weighted by Crippen LogP contribution is -2.47. The maximum Gasteiger partial charge on any atom is 0.225 e. The summed E-state index contributed by atoms with van der Waals surface area (Å²) in [7, 11) is 3.71. The molecule has 2 unspecified atom stereocenters. The van der Waals surface area contributed by atoms with Crippen LogP contribution in [0.1, 0.15) is 31.2 Å². The molecule has 0 saturated carbocycles. The minimum absolute atomic E-state index is 0.149. The third-order valence-corrected chi connectivity index (χ3v) is 5.54. The number of pyridine rings is 1. The fraction of sp³-hybridized carbons (Fsp3) is 0.526. The van der Waals surface area contributed by atoms with Gasteiger partial charge in [-0.25, -0.2) is 4.68 Å². The van der Waals surface area contributed by atoms with E-state index in [4.69, 9.17) is 0 Å². The first-order valence-electron chi connectivity index (χ1n) is 8.99. The zero-order valence-corrected chi connectivity index (χ0v) is 15.1. The Hall–Kier alpha value is -2.37. The minimum atomic E-state index is 0.149. The van der Waals surface area contributed by atoms with Crippen LogP contribution in [0.2, 0.25) is 0 Å². The SMILES string of the molecule is Cc1cnn(-c2ccncc2N2C3CCC2CC(C(=O)N(C)C)C3)c1. The first-order chi connectivity index (χ1) is 12.0. The smallest absolute Gasteiger partial charge is 0.225 e. The van der Waals surface area contributed by atoms with Crippen LogP contribution >= 0.6 is 0 Å². The quantitative estimate of drug-likeness (QED) is 0.862. The second-order valence-corrected chi connectivity index (χ2v) is 7.52. The lowest BCUT2D eigenvalue weighted by Gasteiger charge is -2.41. The Labute approximate surface area is 148 Å². The number of carbonyl (C=O) groups excluding carboxylic acids is 1.